The standard InChI is InChI=1S/C15H11F2NO5/c16-15(17)23-13-8-4-2-6-11(13)14(19)22-9-10-5-1-3-7-12(10)18(20)21/h1-8,15H,9H2. The maximum Gasteiger partial charge on any atom is 0.387 e. The second-order valence-corrected chi connectivity index (χ2v) is 4.34. The topological polar surface area (TPSA) is 78.7 Å². The molecule has 120 valence electrons. The van der Waals surface area contributed by atoms with E-state index >= 15 is 0 Å². The number of benzene rings is 2. The Morgan fingerprint density at radius 3 is 2.48 bits per heavy atom. The molecule has 0 atom stereocenters. The first kappa shape index (κ1) is 16.3. The second-order valence-electron chi connectivity index (χ2n) is 4.34. The molecule has 0 spiro atoms. The first-order valence-electron chi connectivity index (χ1n) is 6.42. The summed E-state index contributed by atoms with van der Waals surface area (Å²) in [4.78, 5) is 22.3. The molecule has 0 N–H and O–H groups in total. The van der Waals surface area contributed by atoms with E-state index in [1.54, 1.807) is 6.07 Å². The van der Waals surface area contributed by atoms with Crippen molar-refractivity contribution in [2.45, 2.75) is 13.2 Å². The molecule has 0 unspecified atom stereocenters. The van der Waals surface area contributed by atoms with E-state index in [9.17, 15) is 23.7 Å². The number of ether oxygens (including phenoxy) is 2. The van der Waals surface area contributed by atoms with Crippen LogP contribution in [0.1, 0.15) is 15.9 Å². The fourth-order valence-corrected chi connectivity index (χ4v) is 1.87. The van der Waals surface area contributed by atoms with E-state index < -0.39 is 17.5 Å². The number of hydrogen-bond acceptors (Lipinski definition) is 5. The van der Waals surface area contributed by atoms with Crippen LogP contribution in [-0.2, 0) is 11.3 Å². The molecular formula is C15H11F2NO5. The molecule has 0 radical (unpaired) electrons. The van der Waals surface area contributed by atoms with E-state index in [4.69, 9.17) is 4.74 Å². The normalized spacial score (nSPS) is 10.4. The van der Waals surface area contributed by atoms with Crippen molar-refractivity contribution in [3.63, 3.8) is 0 Å². The van der Waals surface area contributed by atoms with Gasteiger partial charge in [-0.25, -0.2) is 4.79 Å². The summed E-state index contributed by atoms with van der Waals surface area (Å²) in [6.07, 6.45) is 0. The summed E-state index contributed by atoms with van der Waals surface area (Å²) in [6.45, 7) is -3.45. The zero-order valence-electron chi connectivity index (χ0n) is 11.6. The number of carbonyl (C=O) groups excluding carboxylic acids is 1. The van der Waals surface area contributed by atoms with Gasteiger partial charge < -0.3 is 9.47 Å². The van der Waals surface area contributed by atoms with Crippen LogP contribution in [-0.4, -0.2) is 17.5 Å². The Hall–Kier alpha value is -3.03. The van der Waals surface area contributed by atoms with Crippen LogP contribution in [0.25, 0.3) is 0 Å². The summed E-state index contributed by atoms with van der Waals surface area (Å²) in [7, 11) is 0. The molecule has 6 nitrogen and oxygen atoms in total. The van der Waals surface area contributed by atoms with Crippen molar-refractivity contribution in [1.82, 2.24) is 0 Å². The fraction of sp³-hybridized carbons (Fsp3) is 0.133. The van der Waals surface area contributed by atoms with Gasteiger partial charge in [-0.05, 0) is 18.2 Å². The maximum absolute atomic E-state index is 12.3. The van der Waals surface area contributed by atoms with Gasteiger partial charge in [0, 0.05) is 6.07 Å². The van der Waals surface area contributed by atoms with Gasteiger partial charge in [-0.15, -0.1) is 0 Å². The van der Waals surface area contributed by atoms with Crippen molar-refractivity contribution >= 4 is 11.7 Å². The van der Waals surface area contributed by atoms with Gasteiger partial charge >= 0.3 is 12.6 Å². The van der Waals surface area contributed by atoms with Crippen molar-refractivity contribution in [3.05, 3.63) is 69.8 Å². The Balaban J connectivity index is 2.13. The molecule has 0 saturated carbocycles. The number of nitro groups is 1. The Bertz CT molecular complexity index is 721. The minimum Gasteiger partial charge on any atom is -0.457 e. The number of nitro benzene ring substituents is 1. The van der Waals surface area contributed by atoms with Crippen LogP contribution >= 0.6 is 0 Å². The van der Waals surface area contributed by atoms with Gasteiger partial charge in [0.1, 0.15) is 17.9 Å². The van der Waals surface area contributed by atoms with E-state index in [1.165, 1.54) is 42.5 Å². The summed E-state index contributed by atoms with van der Waals surface area (Å²) in [5.74, 6) is -1.24. The molecule has 0 amide bonds. The molecule has 2 aromatic rings. The quantitative estimate of drug-likeness (QED) is 0.461. The lowest BCUT2D eigenvalue weighted by atomic mass is 10.2. The molecule has 0 aromatic heterocycles. The molecule has 0 saturated heterocycles. The zero-order chi connectivity index (χ0) is 16.8. The molecular weight excluding hydrogens is 312 g/mol. The average Bonchev–Trinajstić information content (AvgIpc) is 2.52. The van der Waals surface area contributed by atoms with Crippen molar-refractivity contribution in [2.24, 2.45) is 0 Å². The lowest BCUT2D eigenvalue weighted by Crippen LogP contribution is -2.11. The number of carbonyl (C=O) groups is 1. The van der Waals surface area contributed by atoms with Crippen molar-refractivity contribution < 1.29 is 28.0 Å². The molecule has 0 bridgehead atoms. The third-order valence-corrected chi connectivity index (χ3v) is 2.87. The number of nitrogens with zero attached hydrogens (tertiary/aromatic N) is 1. The van der Waals surface area contributed by atoms with Crippen molar-refractivity contribution in [1.29, 1.82) is 0 Å². The zero-order valence-corrected chi connectivity index (χ0v) is 11.6. The summed E-state index contributed by atoms with van der Waals surface area (Å²) >= 11 is 0. The third kappa shape index (κ3) is 4.22. The molecule has 0 aliphatic heterocycles. The second kappa shape index (κ2) is 7.30. The van der Waals surface area contributed by atoms with E-state index in [0.29, 0.717) is 0 Å². The minimum absolute atomic E-state index is 0.189. The first-order chi connectivity index (χ1) is 11.0. The van der Waals surface area contributed by atoms with Crippen LogP contribution in [0.15, 0.2) is 48.5 Å². The third-order valence-electron chi connectivity index (χ3n) is 2.87. The average molecular weight is 323 g/mol. The smallest absolute Gasteiger partial charge is 0.387 e. The van der Waals surface area contributed by atoms with Crippen LogP contribution in [0.4, 0.5) is 14.5 Å². The Kier molecular flexibility index (Phi) is 5.19. The highest BCUT2D eigenvalue weighted by Gasteiger charge is 2.18. The van der Waals surface area contributed by atoms with Crippen LogP contribution < -0.4 is 4.74 Å². The molecule has 2 aromatic carbocycles. The van der Waals surface area contributed by atoms with Gasteiger partial charge in [0.05, 0.1) is 10.5 Å². The van der Waals surface area contributed by atoms with Crippen molar-refractivity contribution in [3.8, 4) is 5.75 Å². The fourth-order valence-electron chi connectivity index (χ4n) is 1.87. The molecule has 2 rings (SSSR count). The van der Waals surface area contributed by atoms with Crippen LogP contribution in [0.2, 0.25) is 0 Å². The van der Waals surface area contributed by atoms with E-state index in [1.807, 2.05) is 0 Å². The number of halogens is 2. The molecule has 0 fully saturated rings. The number of rotatable bonds is 6. The Morgan fingerprint density at radius 2 is 1.78 bits per heavy atom. The van der Waals surface area contributed by atoms with E-state index in [2.05, 4.69) is 4.74 Å². The van der Waals surface area contributed by atoms with Crippen LogP contribution in [0.5, 0.6) is 5.75 Å². The lowest BCUT2D eigenvalue weighted by Gasteiger charge is -2.10. The highest BCUT2D eigenvalue weighted by Crippen LogP contribution is 2.23. The summed E-state index contributed by atoms with van der Waals surface area (Å²) in [5, 5.41) is 10.9. The molecule has 0 aliphatic carbocycles. The number of esters is 1. The van der Waals surface area contributed by atoms with Gasteiger partial charge in [0.15, 0.2) is 0 Å². The summed E-state index contributed by atoms with van der Waals surface area (Å²) in [6, 6.07) is 11.1. The van der Waals surface area contributed by atoms with Gasteiger partial charge in [-0.2, -0.15) is 8.78 Å². The summed E-state index contributed by atoms with van der Waals surface area (Å²) in [5.41, 5.74) is -0.193. The SMILES string of the molecule is O=C(OCc1ccccc1[N+](=O)[O-])c1ccccc1OC(F)F. The largest absolute Gasteiger partial charge is 0.457 e. The number of alkyl halides is 2. The van der Waals surface area contributed by atoms with Crippen LogP contribution in [0.3, 0.4) is 0 Å². The number of hydrogen-bond donors (Lipinski definition) is 0. The first-order valence-corrected chi connectivity index (χ1v) is 6.42. The lowest BCUT2D eigenvalue weighted by molar-refractivity contribution is -0.385. The molecule has 0 aliphatic rings. The van der Waals surface area contributed by atoms with Gasteiger partial charge in [0.2, 0.25) is 0 Å². The minimum atomic E-state index is -3.08. The van der Waals surface area contributed by atoms with Gasteiger partial charge in [-0.1, -0.05) is 24.3 Å². The van der Waals surface area contributed by atoms with Crippen LogP contribution in [0, 0.1) is 10.1 Å². The molecule has 23 heavy (non-hydrogen) atoms. The highest BCUT2D eigenvalue weighted by molar-refractivity contribution is 5.92. The highest BCUT2D eigenvalue weighted by atomic mass is 19.3. The predicted octanol–water partition coefficient (Wildman–Crippen LogP) is 3.55. The van der Waals surface area contributed by atoms with E-state index in [0.717, 1.165) is 0 Å². The van der Waals surface area contributed by atoms with E-state index in [-0.39, 0.29) is 29.2 Å². The maximum atomic E-state index is 12.3. The number of para-hydroxylation sites is 2. The predicted molar refractivity (Wildman–Crippen MR) is 75.3 cm³/mol. The Labute approximate surface area is 129 Å². The molecule has 8 heteroatoms. The monoisotopic (exact) mass is 323 g/mol. The van der Waals surface area contributed by atoms with Gasteiger partial charge in [-0.3, -0.25) is 10.1 Å². The molecule has 0 heterocycles. The Morgan fingerprint density at radius 1 is 1.13 bits per heavy atom. The van der Waals surface area contributed by atoms with Crippen molar-refractivity contribution in [2.75, 3.05) is 0 Å². The summed E-state index contributed by atoms with van der Waals surface area (Å²) < 4.78 is 33.8. The van der Waals surface area contributed by atoms with Gasteiger partial charge in [0.25, 0.3) is 5.69 Å².